The van der Waals surface area contributed by atoms with Crippen LogP contribution in [0.3, 0.4) is 0 Å². The molecular formula is C26H23F4N7O3S. The Morgan fingerprint density at radius 2 is 1.85 bits per heavy atom. The van der Waals surface area contributed by atoms with Crippen molar-refractivity contribution in [1.82, 2.24) is 25.3 Å². The smallest absolute Gasteiger partial charge is 0.237 e. The van der Waals surface area contributed by atoms with Crippen LogP contribution in [-0.4, -0.2) is 53.7 Å². The first-order valence-corrected chi connectivity index (χ1v) is 14.0. The zero-order chi connectivity index (χ0) is 29.0. The Balaban J connectivity index is 1.38. The number of pyridine rings is 2. The summed E-state index contributed by atoms with van der Waals surface area (Å²) in [7, 11) is -4.32. The van der Waals surface area contributed by atoms with Crippen molar-refractivity contribution in [3.05, 3.63) is 84.2 Å². The van der Waals surface area contributed by atoms with Gasteiger partial charge in [0.1, 0.15) is 11.9 Å². The maximum Gasteiger partial charge on any atom is 0.237 e. The molecule has 1 aromatic carbocycles. The fraction of sp³-hybridized carbons (Fsp3) is 0.231. The largest absolute Gasteiger partial charge is 0.435 e. The highest BCUT2D eigenvalue weighted by atomic mass is 32.2. The van der Waals surface area contributed by atoms with Gasteiger partial charge in [0.2, 0.25) is 27.7 Å². The van der Waals surface area contributed by atoms with E-state index in [1.807, 2.05) is 0 Å². The zero-order valence-electron chi connectivity index (χ0n) is 21.2. The molecule has 4 heterocycles. The van der Waals surface area contributed by atoms with Gasteiger partial charge in [-0.2, -0.15) is 4.39 Å². The molecule has 10 nitrogen and oxygen atoms in total. The van der Waals surface area contributed by atoms with Crippen LogP contribution in [0.5, 0.6) is 11.6 Å². The number of piperidine rings is 1. The standard InChI is InChI=1S/C26H23F4N7O3S/c27-16-9-17(13-32-12-16)35-26-34-8-5-20(36-26)18-4-2-7-33-25(18)40-21-10-19(28)24(23(30)22(21)29)37-41(38,39)14-15-3-1-6-31-11-15/h1-8,10-11,16-17,32,37H,9,12-14H2,(H,34,35,36)/t16-,17?/m0/s1. The summed E-state index contributed by atoms with van der Waals surface area (Å²) in [6.07, 6.45) is 4.73. The Morgan fingerprint density at radius 3 is 2.63 bits per heavy atom. The Hall–Kier alpha value is -4.37. The van der Waals surface area contributed by atoms with Gasteiger partial charge in [0.05, 0.1) is 17.0 Å². The number of sulfonamides is 1. The van der Waals surface area contributed by atoms with Crippen molar-refractivity contribution in [2.24, 2.45) is 0 Å². The molecule has 1 fully saturated rings. The van der Waals surface area contributed by atoms with Crippen LogP contribution in [0.2, 0.25) is 0 Å². The molecule has 214 valence electrons. The number of nitrogens with one attached hydrogen (secondary N) is 3. The van der Waals surface area contributed by atoms with Crippen LogP contribution >= 0.6 is 0 Å². The molecule has 5 rings (SSSR count). The molecule has 3 N–H and O–H groups in total. The summed E-state index contributed by atoms with van der Waals surface area (Å²) in [6, 6.07) is 7.83. The number of alkyl halides is 1. The van der Waals surface area contributed by atoms with Gasteiger partial charge in [0.25, 0.3) is 0 Å². The van der Waals surface area contributed by atoms with Crippen molar-refractivity contribution in [2.75, 3.05) is 23.1 Å². The molecule has 0 aliphatic carbocycles. The van der Waals surface area contributed by atoms with Crippen molar-refractivity contribution in [3.63, 3.8) is 0 Å². The average molecular weight is 590 g/mol. The minimum Gasteiger partial charge on any atom is -0.435 e. The molecule has 4 aromatic rings. The van der Waals surface area contributed by atoms with E-state index in [0.717, 1.165) is 0 Å². The van der Waals surface area contributed by atoms with Gasteiger partial charge in [-0.15, -0.1) is 0 Å². The van der Waals surface area contributed by atoms with E-state index in [-0.39, 0.29) is 47.7 Å². The number of halogens is 4. The first kappa shape index (κ1) is 28.2. The summed E-state index contributed by atoms with van der Waals surface area (Å²) in [5.74, 6) is -6.40. The molecular weight excluding hydrogens is 566 g/mol. The quantitative estimate of drug-likeness (QED) is 0.194. The Bertz CT molecular complexity index is 1650. The Kier molecular flexibility index (Phi) is 8.26. The molecule has 3 aromatic heterocycles. The summed E-state index contributed by atoms with van der Waals surface area (Å²) in [5.41, 5.74) is -0.412. The molecule has 0 radical (unpaired) electrons. The van der Waals surface area contributed by atoms with E-state index in [1.165, 1.54) is 43.0 Å². The SMILES string of the molecule is O=S(=O)(Cc1cccnc1)Nc1c(F)cc(Oc2ncccc2-c2ccnc(NC3CNC[C@@H](F)C3)n2)c(F)c1F. The van der Waals surface area contributed by atoms with Gasteiger partial charge in [0.15, 0.2) is 17.4 Å². The molecule has 0 amide bonds. The summed E-state index contributed by atoms with van der Waals surface area (Å²) in [6.45, 7) is 0.784. The predicted octanol–water partition coefficient (Wildman–Crippen LogP) is 4.20. The second-order valence-corrected chi connectivity index (χ2v) is 10.9. The lowest BCUT2D eigenvalue weighted by Crippen LogP contribution is -2.44. The van der Waals surface area contributed by atoms with Crippen LogP contribution in [0.1, 0.15) is 12.0 Å². The molecule has 2 atom stereocenters. The summed E-state index contributed by atoms with van der Waals surface area (Å²) in [5, 5.41) is 6.02. The third-order valence-corrected chi connectivity index (χ3v) is 7.23. The van der Waals surface area contributed by atoms with Gasteiger partial charge in [-0.05, 0) is 29.8 Å². The van der Waals surface area contributed by atoms with E-state index in [1.54, 1.807) is 16.9 Å². The Labute approximate surface area is 232 Å². The van der Waals surface area contributed by atoms with E-state index in [2.05, 4.69) is 30.6 Å². The zero-order valence-corrected chi connectivity index (χ0v) is 22.0. The molecule has 15 heteroatoms. The van der Waals surface area contributed by atoms with Gasteiger partial charge >= 0.3 is 0 Å². The summed E-state index contributed by atoms with van der Waals surface area (Å²) < 4.78 is 90.6. The van der Waals surface area contributed by atoms with Crippen molar-refractivity contribution >= 4 is 21.7 Å². The second kappa shape index (κ2) is 12.0. The van der Waals surface area contributed by atoms with Gasteiger partial charge in [-0.1, -0.05) is 6.07 Å². The minimum absolute atomic E-state index is 0.199. The van der Waals surface area contributed by atoms with Crippen LogP contribution in [0.15, 0.2) is 61.2 Å². The fourth-order valence-electron chi connectivity index (χ4n) is 4.17. The van der Waals surface area contributed by atoms with Crippen LogP contribution in [0.4, 0.5) is 29.2 Å². The first-order chi connectivity index (χ1) is 19.7. The average Bonchev–Trinajstić information content (AvgIpc) is 2.95. The van der Waals surface area contributed by atoms with E-state index in [0.29, 0.717) is 12.6 Å². The highest BCUT2D eigenvalue weighted by molar-refractivity contribution is 7.91. The number of rotatable bonds is 9. The second-order valence-electron chi connectivity index (χ2n) is 9.14. The van der Waals surface area contributed by atoms with Gasteiger partial charge < -0.3 is 15.4 Å². The number of anilines is 2. The lowest BCUT2D eigenvalue weighted by molar-refractivity contribution is 0.254. The predicted molar refractivity (Wildman–Crippen MR) is 142 cm³/mol. The molecule has 0 bridgehead atoms. The third-order valence-electron chi connectivity index (χ3n) is 6.00. The molecule has 0 saturated carbocycles. The molecule has 0 spiro atoms. The highest BCUT2D eigenvalue weighted by Gasteiger charge is 2.26. The van der Waals surface area contributed by atoms with Crippen molar-refractivity contribution in [1.29, 1.82) is 0 Å². The normalized spacial score (nSPS) is 17.2. The molecule has 41 heavy (non-hydrogen) atoms. The number of hydrogen-bond acceptors (Lipinski definition) is 9. The number of nitrogens with zero attached hydrogens (tertiary/aromatic N) is 4. The molecule has 1 aliphatic rings. The fourth-order valence-corrected chi connectivity index (χ4v) is 5.35. The van der Waals surface area contributed by atoms with E-state index in [4.69, 9.17) is 4.74 Å². The van der Waals surface area contributed by atoms with Crippen LogP contribution in [0, 0.1) is 17.5 Å². The van der Waals surface area contributed by atoms with E-state index < -0.39 is 50.8 Å². The first-order valence-electron chi connectivity index (χ1n) is 12.3. The third kappa shape index (κ3) is 6.86. The summed E-state index contributed by atoms with van der Waals surface area (Å²) in [4.78, 5) is 16.4. The van der Waals surface area contributed by atoms with Crippen molar-refractivity contribution in [3.8, 4) is 22.9 Å². The number of aromatic nitrogens is 4. The van der Waals surface area contributed by atoms with Crippen molar-refractivity contribution in [2.45, 2.75) is 24.4 Å². The lowest BCUT2D eigenvalue weighted by Gasteiger charge is -2.26. The Morgan fingerprint density at radius 1 is 1.02 bits per heavy atom. The van der Waals surface area contributed by atoms with Crippen molar-refractivity contribution < 1.29 is 30.7 Å². The van der Waals surface area contributed by atoms with Gasteiger partial charge in [0, 0.05) is 56.4 Å². The maximum absolute atomic E-state index is 15.0. The van der Waals surface area contributed by atoms with Crippen LogP contribution in [0.25, 0.3) is 11.3 Å². The van der Waals surface area contributed by atoms with E-state index in [9.17, 15) is 21.6 Å². The monoisotopic (exact) mass is 589 g/mol. The number of ether oxygens (including phenoxy) is 1. The van der Waals surface area contributed by atoms with Crippen LogP contribution < -0.4 is 20.1 Å². The van der Waals surface area contributed by atoms with Gasteiger partial charge in [-0.25, -0.2) is 36.5 Å². The highest BCUT2D eigenvalue weighted by Crippen LogP contribution is 2.36. The molecule has 1 aliphatic heterocycles. The number of hydrogen-bond donors (Lipinski definition) is 3. The van der Waals surface area contributed by atoms with E-state index >= 15 is 4.39 Å². The summed E-state index contributed by atoms with van der Waals surface area (Å²) >= 11 is 0. The van der Waals surface area contributed by atoms with Gasteiger partial charge in [-0.3, -0.25) is 9.71 Å². The number of benzene rings is 1. The molecule has 1 saturated heterocycles. The topological polar surface area (TPSA) is 131 Å². The lowest BCUT2D eigenvalue weighted by atomic mass is 10.1. The maximum atomic E-state index is 15.0. The van der Waals surface area contributed by atoms with Crippen LogP contribution in [-0.2, 0) is 15.8 Å². The molecule has 1 unspecified atom stereocenters. The minimum atomic E-state index is -4.32.